The van der Waals surface area contributed by atoms with E-state index in [-0.39, 0.29) is 11.9 Å². The lowest BCUT2D eigenvalue weighted by molar-refractivity contribution is 0.0569. The van der Waals surface area contributed by atoms with Gasteiger partial charge in [0.15, 0.2) is 0 Å². The van der Waals surface area contributed by atoms with Gasteiger partial charge in [-0.2, -0.15) is 0 Å². The third-order valence-electron chi connectivity index (χ3n) is 4.98. The molecular weight excluding hydrogens is 356 g/mol. The molecule has 144 valence electrons. The Hall–Kier alpha value is -3.22. The van der Waals surface area contributed by atoms with Crippen molar-refractivity contribution >= 4 is 5.91 Å². The second kappa shape index (κ2) is 8.21. The van der Waals surface area contributed by atoms with Crippen molar-refractivity contribution in [3.05, 3.63) is 72.0 Å². The summed E-state index contributed by atoms with van der Waals surface area (Å²) in [5.41, 5.74) is 1.51. The van der Waals surface area contributed by atoms with Gasteiger partial charge in [0.1, 0.15) is 23.9 Å². The summed E-state index contributed by atoms with van der Waals surface area (Å²) in [5.74, 6) is 2.06. The highest BCUT2D eigenvalue weighted by Crippen LogP contribution is 2.32. The molecule has 0 N–H and O–H groups in total. The number of hydrogen-bond donors (Lipinski definition) is 0. The third kappa shape index (κ3) is 3.74. The molecule has 2 aromatic heterocycles. The van der Waals surface area contributed by atoms with Crippen LogP contribution in [0, 0.1) is 0 Å². The molecule has 1 fully saturated rings. The average Bonchev–Trinajstić information content (AvgIpc) is 3.22. The van der Waals surface area contributed by atoms with Gasteiger partial charge in [0, 0.05) is 30.9 Å². The van der Waals surface area contributed by atoms with E-state index in [4.69, 9.17) is 9.15 Å². The van der Waals surface area contributed by atoms with Gasteiger partial charge >= 0.3 is 0 Å². The normalized spacial score (nSPS) is 16.8. The molecule has 1 saturated heterocycles. The highest BCUT2D eigenvalue weighted by Gasteiger charge is 2.32. The minimum atomic E-state index is -0.173. The summed E-state index contributed by atoms with van der Waals surface area (Å²) in [6, 6.07) is 7.67. The topological polar surface area (TPSA) is 81.4 Å². The first-order valence-corrected chi connectivity index (χ1v) is 9.38. The molecule has 0 saturated carbocycles. The van der Waals surface area contributed by atoms with E-state index in [0.717, 1.165) is 36.3 Å². The van der Waals surface area contributed by atoms with Gasteiger partial charge in [-0.05, 0) is 25.3 Å². The molecule has 0 spiro atoms. The van der Waals surface area contributed by atoms with Gasteiger partial charge in [0.2, 0.25) is 5.89 Å². The van der Waals surface area contributed by atoms with Crippen LogP contribution in [0.4, 0.5) is 0 Å². The lowest BCUT2D eigenvalue weighted by atomic mass is 10.0. The summed E-state index contributed by atoms with van der Waals surface area (Å²) in [4.78, 5) is 27.1. The lowest BCUT2D eigenvalue weighted by Gasteiger charge is -2.33. The van der Waals surface area contributed by atoms with Crippen LogP contribution < -0.4 is 4.74 Å². The van der Waals surface area contributed by atoms with Crippen LogP contribution in [0.2, 0.25) is 0 Å². The molecular formula is C21H22N4O3. The zero-order valence-electron chi connectivity index (χ0n) is 15.7. The molecule has 0 unspecified atom stereocenters. The Bertz CT molecular complexity index is 942. The fourth-order valence-electron chi connectivity index (χ4n) is 3.60. The molecule has 3 aromatic rings. The Morgan fingerprint density at radius 2 is 2.04 bits per heavy atom. The monoisotopic (exact) mass is 378 g/mol. The van der Waals surface area contributed by atoms with E-state index in [0.29, 0.717) is 24.4 Å². The summed E-state index contributed by atoms with van der Waals surface area (Å²) < 4.78 is 11.5. The first-order valence-electron chi connectivity index (χ1n) is 9.38. The second-order valence-electron chi connectivity index (χ2n) is 6.79. The Balaban J connectivity index is 1.55. The number of nitrogens with zero attached hydrogens (tertiary/aromatic N) is 4. The van der Waals surface area contributed by atoms with Gasteiger partial charge in [-0.15, -0.1) is 0 Å². The lowest BCUT2D eigenvalue weighted by Crippen LogP contribution is -2.38. The maximum atomic E-state index is 12.9. The van der Waals surface area contributed by atoms with E-state index in [1.54, 1.807) is 25.7 Å². The number of carbonyl (C=O) groups excluding carboxylic acids is 1. The van der Waals surface area contributed by atoms with Gasteiger partial charge < -0.3 is 14.1 Å². The molecule has 1 aliphatic heterocycles. The number of benzene rings is 1. The summed E-state index contributed by atoms with van der Waals surface area (Å²) in [6.45, 7) is 0.669. The van der Waals surface area contributed by atoms with Crippen LogP contribution in [0.1, 0.15) is 52.9 Å². The van der Waals surface area contributed by atoms with Crippen molar-refractivity contribution in [1.29, 1.82) is 0 Å². The third-order valence-corrected chi connectivity index (χ3v) is 4.98. The number of methoxy groups -OCH3 is 1. The Morgan fingerprint density at radius 3 is 2.86 bits per heavy atom. The molecule has 4 rings (SSSR count). The fourth-order valence-corrected chi connectivity index (χ4v) is 3.60. The summed E-state index contributed by atoms with van der Waals surface area (Å²) >= 11 is 0. The number of amides is 1. The van der Waals surface area contributed by atoms with Gasteiger partial charge in [-0.25, -0.2) is 15.0 Å². The zero-order chi connectivity index (χ0) is 19.3. The SMILES string of the molecule is COc1ccccc1Cc1cnc([C@H]2CCCCN2C(=O)c2cncnc2)o1. The van der Waals surface area contributed by atoms with Crippen LogP contribution in [0.3, 0.4) is 0 Å². The largest absolute Gasteiger partial charge is 0.496 e. The number of ether oxygens (including phenoxy) is 1. The minimum Gasteiger partial charge on any atom is -0.496 e. The summed E-state index contributed by atoms with van der Waals surface area (Å²) in [5, 5.41) is 0. The van der Waals surface area contributed by atoms with E-state index >= 15 is 0 Å². The molecule has 3 heterocycles. The van der Waals surface area contributed by atoms with Crippen LogP contribution in [0.15, 0.2) is 53.6 Å². The molecule has 1 aromatic carbocycles. The van der Waals surface area contributed by atoms with E-state index in [1.165, 1.54) is 6.33 Å². The molecule has 0 radical (unpaired) electrons. The van der Waals surface area contributed by atoms with E-state index < -0.39 is 0 Å². The van der Waals surface area contributed by atoms with Gasteiger partial charge in [0.05, 0.1) is 18.9 Å². The molecule has 0 bridgehead atoms. The number of likely N-dealkylation sites (tertiary alicyclic amines) is 1. The van der Waals surface area contributed by atoms with Crippen LogP contribution in [-0.2, 0) is 6.42 Å². The Kier molecular flexibility index (Phi) is 5.32. The maximum Gasteiger partial charge on any atom is 0.257 e. The smallest absolute Gasteiger partial charge is 0.257 e. The van der Waals surface area contributed by atoms with Crippen molar-refractivity contribution in [2.75, 3.05) is 13.7 Å². The highest BCUT2D eigenvalue weighted by atomic mass is 16.5. The van der Waals surface area contributed by atoms with Gasteiger partial charge in [-0.1, -0.05) is 18.2 Å². The number of rotatable bonds is 5. The first kappa shape index (κ1) is 18.2. The van der Waals surface area contributed by atoms with Crippen molar-refractivity contribution in [3.8, 4) is 5.75 Å². The van der Waals surface area contributed by atoms with Crippen molar-refractivity contribution in [2.24, 2.45) is 0 Å². The molecule has 28 heavy (non-hydrogen) atoms. The van der Waals surface area contributed by atoms with E-state index in [2.05, 4.69) is 15.0 Å². The van der Waals surface area contributed by atoms with Gasteiger partial charge in [-0.3, -0.25) is 4.79 Å². The molecule has 1 amide bonds. The van der Waals surface area contributed by atoms with Crippen LogP contribution in [0.5, 0.6) is 5.75 Å². The molecule has 1 aliphatic rings. The molecule has 1 atom stereocenters. The van der Waals surface area contributed by atoms with Crippen LogP contribution in [0.25, 0.3) is 0 Å². The number of hydrogen-bond acceptors (Lipinski definition) is 6. The fraction of sp³-hybridized carbons (Fsp3) is 0.333. The van der Waals surface area contributed by atoms with Crippen molar-refractivity contribution in [1.82, 2.24) is 19.9 Å². The maximum absolute atomic E-state index is 12.9. The number of para-hydroxylation sites is 1. The van der Waals surface area contributed by atoms with Crippen molar-refractivity contribution in [3.63, 3.8) is 0 Å². The number of piperidine rings is 1. The van der Waals surface area contributed by atoms with Crippen molar-refractivity contribution in [2.45, 2.75) is 31.7 Å². The predicted molar refractivity (Wildman–Crippen MR) is 102 cm³/mol. The molecule has 7 nitrogen and oxygen atoms in total. The predicted octanol–water partition coefficient (Wildman–Crippen LogP) is 3.43. The number of oxazole rings is 1. The average molecular weight is 378 g/mol. The zero-order valence-corrected chi connectivity index (χ0v) is 15.7. The van der Waals surface area contributed by atoms with Crippen molar-refractivity contribution < 1.29 is 13.9 Å². The summed E-state index contributed by atoms with van der Waals surface area (Å²) in [7, 11) is 1.66. The Labute approximate surface area is 163 Å². The number of aromatic nitrogens is 3. The highest BCUT2D eigenvalue weighted by molar-refractivity contribution is 5.93. The van der Waals surface area contributed by atoms with Crippen LogP contribution in [-0.4, -0.2) is 39.4 Å². The summed E-state index contributed by atoms with van der Waals surface area (Å²) in [6.07, 6.45) is 9.66. The Morgan fingerprint density at radius 1 is 1.21 bits per heavy atom. The van der Waals surface area contributed by atoms with E-state index in [9.17, 15) is 4.79 Å². The number of carbonyl (C=O) groups is 1. The van der Waals surface area contributed by atoms with Gasteiger partial charge in [0.25, 0.3) is 5.91 Å². The quantitative estimate of drug-likeness (QED) is 0.677. The van der Waals surface area contributed by atoms with E-state index in [1.807, 2.05) is 29.2 Å². The molecule has 0 aliphatic carbocycles. The minimum absolute atomic E-state index is 0.0882. The second-order valence-corrected chi connectivity index (χ2v) is 6.79. The molecule has 7 heteroatoms. The van der Waals surface area contributed by atoms with Crippen LogP contribution >= 0.6 is 0 Å². The first-order chi connectivity index (χ1) is 13.8. The standard InChI is InChI=1S/C21H22N4O3/c1-27-19-8-3-2-6-15(19)10-17-13-24-20(28-17)18-7-4-5-9-25(18)21(26)16-11-22-14-23-12-16/h2-3,6,8,11-14,18H,4-5,7,9-10H2,1H3/t18-/m1/s1.